The van der Waals surface area contributed by atoms with Gasteiger partial charge in [-0.1, -0.05) is 18.2 Å². The molecule has 0 bridgehead atoms. The Morgan fingerprint density at radius 2 is 1.77 bits per heavy atom. The van der Waals surface area contributed by atoms with E-state index in [0.29, 0.717) is 55.8 Å². The number of amides is 2. The van der Waals surface area contributed by atoms with Crippen LogP contribution in [0.2, 0.25) is 0 Å². The number of likely N-dealkylation sites (tertiary alicyclic amines) is 1. The van der Waals surface area contributed by atoms with Gasteiger partial charge in [0, 0.05) is 38.5 Å². The number of anilines is 1. The van der Waals surface area contributed by atoms with Gasteiger partial charge in [0.05, 0.1) is 18.4 Å². The lowest BCUT2D eigenvalue weighted by molar-refractivity contribution is -0.134. The summed E-state index contributed by atoms with van der Waals surface area (Å²) in [7, 11) is 0. The quantitative estimate of drug-likeness (QED) is 0.819. The standard InChI is InChI=1S/C25H28N2O4/c1-16-12-17(2)24-21(29)15-25(31-22(24)13-16)8-10-27(11-9-25)23(30)14-19-4-6-20(7-5-19)26-18(3)28/h4-7,12-13H,8-11,14-15H2,1-3H3,(H,26,28). The van der Waals surface area contributed by atoms with Crippen molar-refractivity contribution in [1.82, 2.24) is 4.90 Å². The van der Waals surface area contributed by atoms with Crippen molar-refractivity contribution in [3.05, 3.63) is 58.7 Å². The van der Waals surface area contributed by atoms with Gasteiger partial charge in [0.1, 0.15) is 11.4 Å². The summed E-state index contributed by atoms with van der Waals surface area (Å²) in [5, 5.41) is 2.72. The summed E-state index contributed by atoms with van der Waals surface area (Å²) in [6.07, 6.45) is 1.99. The number of aryl methyl sites for hydroxylation is 2. The number of hydrogen-bond acceptors (Lipinski definition) is 4. The van der Waals surface area contributed by atoms with Gasteiger partial charge in [-0.25, -0.2) is 0 Å². The van der Waals surface area contributed by atoms with Gasteiger partial charge in [-0.3, -0.25) is 14.4 Å². The smallest absolute Gasteiger partial charge is 0.226 e. The lowest BCUT2D eigenvalue weighted by Crippen LogP contribution is -2.52. The maximum atomic E-state index is 12.9. The van der Waals surface area contributed by atoms with Gasteiger partial charge in [-0.2, -0.15) is 0 Å². The topological polar surface area (TPSA) is 75.7 Å². The third kappa shape index (κ3) is 4.48. The molecular formula is C25H28N2O4. The molecule has 2 aliphatic rings. The molecule has 2 heterocycles. The number of Topliss-reactive ketones (excluding diaryl/α,β-unsaturated/α-hetero) is 1. The van der Waals surface area contributed by atoms with Crippen molar-refractivity contribution in [3.63, 3.8) is 0 Å². The highest BCUT2D eigenvalue weighted by molar-refractivity contribution is 6.01. The minimum atomic E-state index is -0.513. The summed E-state index contributed by atoms with van der Waals surface area (Å²) in [6.45, 7) is 6.58. The van der Waals surface area contributed by atoms with Gasteiger partial charge in [-0.05, 0) is 48.7 Å². The first-order valence-electron chi connectivity index (χ1n) is 10.7. The van der Waals surface area contributed by atoms with Gasteiger partial charge in [-0.15, -0.1) is 0 Å². The molecule has 0 aliphatic carbocycles. The zero-order chi connectivity index (χ0) is 22.2. The Hall–Kier alpha value is -3.15. The average molecular weight is 421 g/mol. The maximum Gasteiger partial charge on any atom is 0.226 e. The van der Waals surface area contributed by atoms with Crippen molar-refractivity contribution in [2.45, 2.75) is 52.1 Å². The van der Waals surface area contributed by atoms with Crippen LogP contribution in [0.4, 0.5) is 5.69 Å². The number of nitrogens with one attached hydrogen (secondary N) is 1. The summed E-state index contributed by atoms with van der Waals surface area (Å²) in [6, 6.07) is 11.3. The van der Waals surface area contributed by atoms with Crippen molar-refractivity contribution in [2.24, 2.45) is 0 Å². The van der Waals surface area contributed by atoms with E-state index in [1.54, 1.807) is 12.1 Å². The Morgan fingerprint density at radius 1 is 1.10 bits per heavy atom. The van der Waals surface area contributed by atoms with E-state index in [-0.39, 0.29) is 17.6 Å². The highest BCUT2D eigenvalue weighted by atomic mass is 16.5. The monoisotopic (exact) mass is 420 g/mol. The normalized spacial score (nSPS) is 17.1. The van der Waals surface area contributed by atoms with Crippen LogP contribution in [0.25, 0.3) is 0 Å². The molecule has 4 rings (SSSR count). The number of rotatable bonds is 3. The second-order valence-corrected chi connectivity index (χ2v) is 8.78. The molecule has 2 aromatic rings. The molecule has 0 atom stereocenters. The highest BCUT2D eigenvalue weighted by Gasteiger charge is 2.44. The Balaban J connectivity index is 1.38. The molecule has 0 aromatic heterocycles. The Morgan fingerprint density at radius 3 is 2.42 bits per heavy atom. The number of ether oxygens (including phenoxy) is 1. The molecule has 2 aromatic carbocycles. The summed E-state index contributed by atoms with van der Waals surface area (Å²) in [5.41, 5.74) is 3.86. The number of carbonyl (C=O) groups excluding carboxylic acids is 3. The number of nitrogens with zero attached hydrogens (tertiary/aromatic N) is 1. The van der Waals surface area contributed by atoms with Gasteiger partial charge in [0.2, 0.25) is 11.8 Å². The molecule has 1 fully saturated rings. The van der Waals surface area contributed by atoms with Gasteiger partial charge < -0.3 is 15.0 Å². The van der Waals surface area contributed by atoms with Crippen LogP contribution >= 0.6 is 0 Å². The Kier molecular flexibility index (Phi) is 5.56. The van der Waals surface area contributed by atoms with Gasteiger partial charge in [0.15, 0.2) is 5.78 Å². The molecule has 0 radical (unpaired) electrons. The van der Waals surface area contributed by atoms with E-state index in [1.165, 1.54) is 6.92 Å². The van der Waals surface area contributed by atoms with Crippen LogP contribution in [-0.2, 0) is 16.0 Å². The largest absolute Gasteiger partial charge is 0.486 e. The summed E-state index contributed by atoms with van der Waals surface area (Å²) < 4.78 is 6.39. The molecule has 6 nitrogen and oxygen atoms in total. The fraction of sp³-hybridized carbons (Fsp3) is 0.400. The fourth-order valence-corrected chi connectivity index (χ4v) is 4.65. The van der Waals surface area contributed by atoms with Crippen LogP contribution in [0.5, 0.6) is 5.75 Å². The molecule has 0 saturated carbocycles. The average Bonchev–Trinajstić information content (AvgIpc) is 2.68. The summed E-state index contributed by atoms with van der Waals surface area (Å²) in [4.78, 5) is 38.6. The van der Waals surface area contributed by atoms with Crippen molar-refractivity contribution in [3.8, 4) is 5.75 Å². The third-order valence-electron chi connectivity index (χ3n) is 6.19. The molecule has 31 heavy (non-hydrogen) atoms. The summed E-state index contributed by atoms with van der Waals surface area (Å²) in [5.74, 6) is 0.768. The van der Waals surface area contributed by atoms with E-state index < -0.39 is 5.60 Å². The van der Waals surface area contributed by atoms with E-state index in [0.717, 1.165) is 16.7 Å². The van der Waals surface area contributed by atoms with Crippen molar-refractivity contribution in [1.29, 1.82) is 0 Å². The van der Waals surface area contributed by atoms with E-state index in [4.69, 9.17) is 4.74 Å². The molecular weight excluding hydrogens is 392 g/mol. The molecule has 162 valence electrons. The van der Waals surface area contributed by atoms with Crippen molar-refractivity contribution in [2.75, 3.05) is 18.4 Å². The van der Waals surface area contributed by atoms with Crippen LogP contribution in [0.3, 0.4) is 0 Å². The third-order valence-corrected chi connectivity index (χ3v) is 6.19. The molecule has 1 spiro atoms. The number of benzene rings is 2. The fourth-order valence-electron chi connectivity index (χ4n) is 4.65. The minimum absolute atomic E-state index is 0.0661. The molecule has 2 aliphatic heterocycles. The van der Waals surface area contributed by atoms with Crippen LogP contribution in [0.1, 0.15) is 53.2 Å². The summed E-state index contributed by atoms with van der Waals surface area (Å²) >= 11 is 0. The lowest BCUT2D eigenvalue weighted by atomic mass is 9.81. The predicted octanol–water partition coefficient (Wildman–Crippen LogP) is 3.83. The SMILES string of the molecule is CC(=O)Nc1ccc(CC(=O)N2CCC3(CC2)CC(=O)c2c(C)cc(C)cc2O3)cc1. The molecule has 1 saturated heterocycles. The van der Waals surface area contributed by atoms with Crippen LogP contribution in [0, 0.1) is 13.8 Å². The highest BCUT2D eigenvalue weighted by Crippen LogP contribution is 2.41. The minimum Gasteiger partial charge on any atom is -0.486 e. The predicted molar refractivity (Wildman–Crippen MR) is 118 cm³/mol. The molecule has 6 heteroatoms. The molecule has 2 amide bonds. The first kappa shape index (κ1) is 21.1. The zero-order valence-electron chi connectivity index (χ0n) is 18.3. The van der Waals surface area contributed by atoms with Crippen LogP contribution in [-0.4, -0.2) is 41.2 Å². The lowest BCUT2D eigenvalue weighted by Gasteiger charge is -2.44. The molecule has 1 N–H and O–H groups in total. The molecule has 0 unspecified atom stereocenters. The van der Waals surface area contributed by atoms with E-state index in [2.05, 4.69) is 5.32 Å². The number of piperidine rings is 1. The maximum absolute atomic E-state index is 12.9. The zero-order valence-corrected chi connectivity index (χ0v) is 18.3. The Labute approximate surface area is 182 Å². The number of hydrogen-bond donors (Lipinski definition) is 1. The van der Waals surface area contributed by atoms with Crippen molar-refractivity contribution < 1.29 is 19.1 Å². The number of fused-ring (bicyclic) bond motifs is 1. The first-order valence-corrected chi connectivity index (χ1v) is 10.7. The Bertz CT molecular complexity index is 1030. The van der Waals surface area contributed by atoms with E-state index in [1.807, 2.05) is 43.0 Å². The second-order valence-electron chi connectivity index (χ2n) is 8.78. The number of ketones is 1. The van der Waals surface area contributed by atoms with Crippen LogP contribution < -0.4 is 10.1 Å². The van der Waals surface area contributed by atoms with E-state index in [9.17, 15) is 14.4 Å². The van der Waals surface area contributed by atoms with Crippen LogP contribution in [0.15, 0.2) is 36.4 Å². The van der Waals surface area contributed by atoms with E-state index >= 15 is 0 Å². The number of carbonyl (C=O) groups is 3. The van der Waals surface area contributed by atoms with Gasteiger partial charge in [0.25, 0.3) is 0 Å². The van der Waals surface area contributed by atoms with Gasteiger partial charge >= 0.3 is 0 Å². The second kappa shape index (κ2) is 8.17. The first-order chi connectivity index (χ1) is 14.7. The van der Waals surface area contributed by atoms with Crippen molar-refractivity contribution >= 4 is 23.3 Å².